The lowest BCUT2D eigenvalue weighted by Crippen LogP contribution is -2.44. The summed E-state index contributed by atoms with van der Waals surface area (Å²) >= 11 is 7.71. The molecule has 0 amide bonds. The number of benzene rings is 1. The van der Waals surface area contributed by atoms with Crippen molar-refractivity contribution >= 4 is 47.1 Å². The Balaban J connectivity index is 1.29. The third-order valence-corrected chi connectivity index (χ3v) is 9.03. The van der Waals surface area contributed by atoms with Crippen LogP contribution in [0.2, 0.25) is 0 Å². The third kappa shape index (κ3) is 4.79. The molecule has 3 heterocycles. The van der Waals surface area contributed by atoms with E-state index in [2.05, 4.69) is 38.7 Å². The largest absolute Gasteiger partial charge is 0.497 e. The van der Waals surface area contributed by atoms with Crippen LogP contribution in [0.3, 0.4) is 0 Å². The van der Waals surface area contributed by atoms with E-state index < -0.39 is 0 Å². The van der Waals surface area contributed by atoms with E-state index in [4.69, 9.17) is 32.8 Å². The van der Waals surface area contributed by atoms with Crippen molar-refractivity contribution in [3.05, 3.63) is 69.5 Å². The minimum atomic E-state index is 0.0191. The maximum Gasteiger partial charge on any atom is 0.179 e. The number of thioether (sulfide) groups is 1. The van der Waals surface area contributed by atoms with Crippen LogP contribution in [-0.2, 0) is 6.42 Å². The van der Waals surface area contributed by atoms with Crippen LogP contribution in [0.4, 0.5) is 5.82 Å². The lowest BCUT2D eigenvalue weighted by atomic mass is 9.73. The number of allylic oxidation sites excluding steroid dienone is 2. The van der Waals surface area contributed by atoms with Gasteiger partial charge in [-0.25, -0.2) is 19.9 Å². The average molecular weight is 536 g/mol. The van der Waals surface area contributed by atoms with Gasteiger partial charge in [0.2, 0.25) is 0 Å². The Bertz CT molecular complexity index is 1420. The molecular weight excluding hydrogens is 506 g/mol. The summed E-state index contributed by atoms with van der Waals surface area (Å²) in [7, 11) is 1.70. The second-order valence-corrected chi connectivity index (χ2v) is 10.8. The molecule has 192 valence electrons. The minimum Gasteiger partial charge on any atom is -0.497 e. The van der Waals surface area contributed by atoms with E-state index in [0.717, 1.165) is 59.4 Å². The molecule has 10 heteroatoms. The first-order valence-corrected chi connectivity index (χ1v) is 13.3. The molecule has 0 unspecified atom stereocenters. The fourth-order valence-electron chi connectivity index (χ4n) is 5.26. The molecule has 0 saturated carbocycles. The second-order valence-electron chi connectivity index (χ2n) is 9.40. The van der Waals surface area contributed by atoms with E-state index in [0.29, 0.717) is 10.7 Å². The van der Waals surface area contributed by atoms with Crippen molar-refractivity contribution in [2.75, 3.05) is 25.1 Å². The maximum absolute atomic E-state index is 6.80. The molecular formula is C27H30ClN7OS. The third-order valence-electron chi connectivity index (χ3n) is 7.43. The second kappa shape index (κ2) is 10.3. The summed E-state index contributed by atoms with van der Waals surface area (Å²) in [5.41, 5.74) is 16.6. The van der Waals surface area contributed by atoms with Gasteiger partial charge in [-0.1, -0.05) is 35.5 Å². The summed E-state index contributed by atoms with van der Waals surface area (Å²) in [6.07, 6.45) is 6.68. The van der Waals surface area contributed by atoms with Crippen molar-refractivity contribution in [2.24, 2.45) is 21.9 Å². The number of nitrogens with zero attached hydrogens (tertiary/aromatic N) is 5. The van der Waals surface area contributed by atoms with Crippen LogP contribution in [0.15, 0.2) is 68.4 Å². The normalized spacial score (nSPS) is 19.6. The number of hydrogen-bond donors (Lipinski definition) is 2. The van der Waals surface area contributed by atoms with E-state index in [9.17, 15) is 0 Å². The lowest BCUT2D eigenvalue weighted by Gasteiger charge is -2.42. The topological polar surface area (TPSA) is 116 Å². The Kier molecular flexibility index (Phi) is 7.11. The first-order chi connectivity index (χ1) is 17.9. The number of pyridine rings is 1. The van der Waals surface area contributed by atoms with Crippen LogP contribution < -0.4 is 21.1 Å². The Hall–Kier alpha value is -3.14. The number of anilines is 1. The fourth-order valence-corrected chi connectivity index (χ4v) is 6.35. The SMILES string of the molecule is C=N/C(N)=C(Cl)\C(=C/C)Sc1ccc2nc(N3CCC4(CC3)Cc3ccc(OC)cc3[C@H]4N)cnc2n1. The van der Waals surface area contributed by atoms with Crippen molar-refractivity contribution in [3.63, 3.8) is 0 Å². The van der Waals surface area contributed by atoms with Crippen molar-refractivity contribution in [2.45, 2.75) is 37.3 Å². The number of aromatic nitrogens is 3. The molecule has 1 aromatic carbocycles. The Labute approximate surface area is 225 Å². The van der Waals surface area contributed by atoms with E-state index in [-0.39, 0.29) is 17.3 Å². The summed E-state index contributed by atoms with van der Waals surface area (Å²) in [5.74, 6) is 1.91. The molecule has 1 saturated heterocycles. The van der Waals surface area contributed by atoms with Gasteiger partial charge in [-0.15, -0.1) is 0 Å². The highest BCUT2D eigenvalue weighted by molar-refractivity contribution is 8.03. The number of methoxy groups -OCH3 is 1. The Morgan fingerprint density at radius 1 is 1.27 bits per heavy atom. The van der Waals surface area contributed by atoms with E-state index in [1.807, 2.05) is 31.2 Å². The van der Waals surface area contributed by atoms with Crippen molar-refractivity contribution < 1.29 is 4.74 Å². The van der Waals surface area contributed by atoms with Crippen LogP contribution in [-0.4, -0.2) is 41.9 Å². The molecule has 1 aliphatic heterocycles. The number of nitrogens with two attached hydrogens (primary N) is 2. The number of rotatable bonds is 6. The quantitative estimate of drug-likeness (QED) is 0.259. The molecule has 2 aromatic heterocycles. The molecule has 8 nitrogen and oxygen atoms in total. The summed E-state index contributed by atoms with van der Waals surface area (Å²) < 4.78 is 5.42. The van der Waals surface area contributed by atoms with Gasteiger partial charge in [0, 0.05) is 24.0 Å². The van der Waals surface area contributed by atoms with Gasteiger partial charge in [-0.05, 0) is 73.7 Å². The standard InChI is InChI=1S/C27H30ClN7OS/c1-4-20(23(28)25(30)31-2)37-22-8-7-19-26(34-22)32-15-21(33-19)35-11-9-27(10-12-35)14-16-5-6-17(36-3)13-18(16)24(27)29/h4-8,13,15,24H,2,9-12,14,29-30H2,1,3H3/b20-4+,25-23+/t24-/m1/s1. The van der Waals surface area contributed by atoms with Crippen LogP contribution in [0.1, 0.15) is 36.9 Å². The highest BCUT2D eigenvalue weighted by Gasteiger charge is 2.46. The van der Waals surface area contributed by atoms with Gasteiger partial charge >= 0.3 is 0 Å². The monoisotopic (exact) mass is 535 g/mol. The molecule has 1 atom stereocenters. The van der Waals surface area contributed by atoms with Gasteiger partial charge in [-0.2, -0.15) is 0 Å². The van der Waals surface area contributed by atoms with Crippen molar-refractivity contribution in [1.82, 2.24) is 15.0 Å². The molecule has 3 aromatic rings. The van der Waals surface area contributed by atoms with E-state index in [1.54, 1.807) is 13.3 Å². The van der Waals surface area contributed by atoms with Gasteiger partial charge in [0.1, 0.15) is 27.9 Å². The van der Waals surface area contributed by atoms with Crippen LogP contribution >= 0.6 is 23.4 Å². The summed E-state index contributed by atoms with van der Waals surface area (Å²) in [6.45, 7) is 7.08. The molecule has 1 aliphatic carbocycles. The van der Waals surface area contributed by atoms with E-state index >= 15 is 0 Å². The smallest absolute Gasteiger partial charge is 0.179 e. The zero-order valence-corrected chi connectivity index (χ0v) is 22.5. The number of aliphatic imine (C=N–C) groups is 1. The number of fused-ring (bicyclic) bond motifs is 2. The molecule has 1 fully saturated rings. The fraction of sp³-hybridized carbons (Fsp3) is 0.333. The molecule has 2 aliphatic rings. The predicted molar refractivity (Wildman–Crippen MR) is 151 cm³/mol. The zero-order valence-electron chi connectivity index (χ0n) is 20.9. The lowest BCUT2D eigenvalue weighted by molar-refractivity contribution is 0.187. The van der Waals surface area contributed by atoms with Crippen LogP contribution in [0.25, 0.3) is 11.2 Å². The summed E-state index contributed by atoms with van der Waals surface area (Å²) in [5, 5.41) is 1.09. The first-order valence-electron chi connectivity index (χ1n) is 12.1. The van der Waals surface area contributed by atoms with Gasteiger partial charge < -0.3 is 21.1 Å². The highest BCUT2D eigenvalue weighted by Crippen LogP contribution is 2.51. The van der Waals surface area contributed by atoms with Gasteiger partial charge in [0.15, 0.2) is 5.65 Å². The Morgan fingerprint density at radius 2 is 2.05 bits per heavy atom. The van der Waals surface area contributed by atoms with Crippen molar-refractivity contribution in [3.8, 4) is 5.75 Å². The number of hydrogen-bond acceptors (Lipinski definition) is 9. The summed E-state index contributed by atoms with van der Waals surface area (Å²) in [6, 6.07) is 10.2. The zero-order chi connectivity index (χ0) is 26.2. The summed E-state index contributed by atoms with van der Waals surface area (Å²) in [4.78, 5) is 20.9. The molecule has 0 radical (unpaired) electrons. The van der Waals surface area contributed by atoms with Gasteiger partial charge in [0.25, 0.3) is 0 Å². The van der Waals surface area contributed by atoms with Gasteiger partial charge in [-0.3, -0.25) is 0 Å². The first kappa shape index (κ1) is 25.5. The van der Waals surface area contributed by atoms with Crippen LogP contribution in [0, 0.1) is 5.41 Å². The minimum absolute atomic E-state index is 0.0191. The predicted octanol–water partition coefficient (Wildman–Crippen LogP) is 4.94. The van der Waals surface area contributed by atoms with Crippen molar-refractivity contribution in [1.29, 1.82) is 0 Å². The number of halogens is 1. The average Bonchev–Trinajstić information content (AvgIpc) is 3.20. The van der Waals surface area contributed by atoms with Crippen LogP contribution in [0.5, 0.6) is 5.75 Å². The molecule has 0 bridgehead atoms. The number of piperidine rings is 1. The maximum atomic E-state index is 6.80. The highest BCUT2D eigenvalue weighted by atomic mass is 35.5. The molecule has 37 heavy (non-hydrogen) atoms. The molecule has 5 rings (SSSR count). The Morgan fingerprint density at radius 3 is 2.76 bits per heavy atom. The number of ether oxygens (including phenoxy) is 1. The molecule has 4 N–H and O–H groups in total. The van der Waals surface area contributed by atoms with Gasteiger partial charge in [0.05, 0.1) is 18.3 Å². The van der Waals surface area contributed by atoms with E-state index in [1.165, 1.54) is 22.9 Å². The molecule has 1 spiro atoms.